The first kappa shape index (κ1) is 18.7. The molecule has 1 aliphatic rings. The highest BCUT2D eigenvalue weighted by molar-refractivity contribution is 9.10. The van der Waals surface area contributed by atoms with Crippen molar-refractivity contribution in [2.45, 2.75) is 19.3 Å². The molecule has 2 aromatic carbocycles. The molecule has 144 valence electrons. The van der Waals surface area contributed by atoms with E-state index in [0.29, 0.717) is 23.2 Å². The zero-order valence-electron chi connectivity index (χ0n) is 15.6. The molecule has 0 saturated carbocycles. The van der Waals surface area contributed by atoms with E-state index >= 15 is 0 Å². The van der Waals surface area contributed by atoms with Gasteiger partial charge in [0.15, 0.2) is 5.82 Å². The quantitative estimate of drug-likeness (QED) is 0.601. The van der Waals surface area contributed by atoms with E-state index in [2.05, 4.69) is 61.1 Å². The zero-order valence-corrected chi connectivity index (χ0v) is 17.2. The van der Waals surface area contributed by atoms with E-state index in [-0.39, 0.29) is 0 Å². The molecular formula is C22H23BrN4O. The normalized spacial score (nSPS) is 14.8. The Kier molecular flexibility index (Phi) is 5.76. The van der Waals surface area contributed by atoms with Gasteiger partial charge in [-0.05, 0) is 55.0 Å². The van der Waals surface area contributed by atoms with E-state index < -0.39 is 0 Å². The molecule has 0 amide bonds. The summed E-state index contributed by atoms with van der Waals surface area (Å²) in [5, 5.41) is 0. The maximum atomic E-state index is 6.35. The van der Waals surface area contributed by atoms with E-state index in [1.54, 1.807) is 0 Å². The molecule has 0 radical (unpaired) electrons. The summed E-state index contributed by atoms with van der Waals surface area (Å²) in [6.07, 6.45) is 4.91. The van der Waals surface area contributed by atoms with E-state index in [1.165, 1.54) is 11.9 Å². The molecule has 2 heterocycles. The van der Waals surface area contributed by atoms with E-state index in [9.17, 15) is 0 Å². The second kappa shape index (κ2) is 8.61. The van der Waals surface area contributed by atoms with Gasteiger partial charge in [-0.3, -0.25) is 0 Å². The molecule has 0 bridgehead atoms. The van der Waals surface area contributed by atoms with Gasteiger partial charge in [-0.2, -0.15) is 4.98 Å². The van der Waals surface area contributed by atoms with Crippen molar-refractivity contribution in [1.82, 2.24) is 9.97 Å². The Bertz CT molecular complexity index is 910. The summed E-state index contributed by atoms with van der Waals surface area (Å²) in [6.45, 7) is 1.88. The van der Waals surface area contributed by atoms with Crippen LogP contribution in [0.1, 0.15) is 18.4 Å². The molecule has 0 unspecified atom stereocenters. The topological polar surface area (TPSA) is 64.3 Å². The number of ether oxygens (including phenoxy) is 1. The minimum Gasteiger partial charge on any atom is -0.437 e. The molecule has 1 aliphatic heterocycles. The number of nitrogen functional groups attached to an aromatic ring is 1. The lowest BCUT2D eigenvalue weighted by atomic mass is 9.90. The number of aromatic nitrogens is 2. The number of benzene rings is 2. The fraction of sp³-hybridized carbons (Fsp3) is 0.273. The molecular weight excluding hydrogens is 416 g/mol. The van der Waals surface area contributed by atoms with Crippen molar-refractivity contribution in [3.05, 3.63) is 71.0 Å². The summed E-state index contributed by atoms with van der Waals surface area (Å²) < 4.78 is 6.87. The van der Waals surface area contributed by atoms with Crippen LogP contribution in [0.15, 0.2) is 65.4 Å². The van der Waals surface area contributed by atoms with Crippen LogP contribution in [0.2, 0.25) is 0 Å². The number of anilines is 2. The first-order valence-corrected chi connectivity index (χ1v) is 10.3. The average molecular weight is 439 g/mol. The number of nitrogens with zero attached hydrogens (tertiary/aromatic N) is 3. The van der Waals surface area contributed by atoms with Crippen LogP contribution < -0.4 is 15.4 Å². The number of hydrogen-bond acceptors (Lipinski definition) is 5. The fourth-order valence-corrected chi connectivity index (χ4v) is 3.88. The molecule has 6 heteroatoms. The third-order valence-electron chi connectivity index (χ3n) is 5.14. The van der Waals surface area contributed by atoms with Crippen molar-refractivity contribution >= 4 is 27.4 Å². The minimum atomic E-state index is 0.402. The zero-order chi connectivity index (χ0) is 19.3. The Labute approximate surface area is 173 Å². The molecule has 3 aromatic rings. The molecule has 4 rings (SSSR count). The van der Waals surface area contributed by atoms with Gasteiger partial charge in [-0.25, -0.2) is 4.98 Å². The third-order valence-corrected chi connectivity index (χ3v) is 5.66. The van der Waals surface area contributed by atoms with Crippen LogP contribution in [-0.4, -0.2) is 23.1 Å². The monoisotopic (exact) mass is 438 g/mol. The lowest BCUT2D eigenvalue weighted by molar-refractivity contribution is 0.401. The van der Waals surface area contributed by atoms with Crippen LogP contribution in [0, 0.1) is 5.92 Å². The van der Waals surface area contributed by atoms with Crippen LogP contribution >= 0.6 is 15.9 Å². The second-order valence-corrected chi connectivity index (χ2v) is 8.01. The SMILES string of the molecule is Nc1c(Oc2ccc(Br)cc2)ncnc1N1CCC(Cc2ccccc2)CC1. The predicted octanol–water partition coefficient (Wildman–Crippen LogP) is 5.07. The number of rotatable bonds is 5. The Morgan fingerprint density at radius 2 is 1.71 bits per heavy atom. The van der Waals surface area contributed by atoms with E-state index in [4.69, 9.17) is 10.5 Å². The molecule has 28 heavy (non-hydrogen) atoms. The molecule has 1 fully saturated rings. The van der Waals surface area contributed by atoms with Gasteiger partial charge in [-0.1, -0.05) is 46.3 Å². The van der Waals surface area contributed by atoms with Gasteiger partial charge < -0.3 is 15.4 Å². The molecule has 1 saturated heterocycles. The van der Waals surface area contributed by atoms with Gasteiger partial charge in [0.2, 0.25) is 5.88 Å². The van der Waals surface area contributed by atoms with Gasteiger partial charge in [0.1, 0.15) is 17.8 Å². The van der Waals surface area contributed by atoms with Crippen molar-refractivity contribution < 1.29 is 4.74 Å². The Balaban J connectivity index is 1.41. The van der Waals surface area contributed by atoms with E-state index in [1.807, 2.05) is 24.3 Å². The summed E-state index contributed by atoms with van der Waals surface area (Å²) in [5.74, 6) is 2.56. The van der Waals surface area contributed by atoms with Crippen molar-refractivity contribution in [2.75, 3.05) is 23.7 Å². The summed E-state index contributed by atoms with van der Waals surface area (Å²) in [4.78, 5) is 10.9. The van der Waals surface area contributed by atoms with Gasteiger partial charge in [-0.15, -0.1) is 0 Å². The molecule has 2 N–H and O–H groups in total. The van der Waals surface area contributed by atoms with Crippen LogP contribution in [0.5, 0.6) is 11.6 Å². The van der Waals surface area contributed by atoms with Crippen molar-refractivity contribution in [1.29, 1.82) is 0 Å². The maximum Gasteiger partial charge on any atom is 0.248 e. The Morgan fingerprint density at radius 1 is 1.00 bits per heavy atom. The third kappa shape index (κ3) is 4.44. The average Bonchev–Trinajstić information content (AvgIpc) is 2.73. The second-order valence-electron chi connectivity index (χ2n) is 7.09. The smallest absolute Gasteiger partial charge is 0.248 e. The van der Waals surface area contributed by atoms with Gasteiger partial charge in [0.25, 0.3) is 0 Å². The van der Waals surface area contributed by atoms with Crippen LogP contribution in [-0.2, 0) is 6.42 Å². The van der Waals surface area contributed by atoms with Crippen LogP contribution in [0.25, 0.3) is 0 Å². The maximum absolute atomic E-state index is 6.35. The van der Waals surface area contributed by atoms with Crippen molar-refractivity contribution in [3.63, 3.8) is 0 Å². The highest BCUT2D eigenvalue weighted by Gasteiger charge is 2.23. The molecule has 5 nitrogen and oxygen atoms in total. The standard InChI is InChI=1S/C22H23BrN4O/c23-18-6-8-19(9-7-18)28-22-20(24)21(25-15-26-22)27-12-10-17(11-13-27)14-16-4-2-1-3-5-16/h1-9,15,17H,10-14,24H2. The molecule has 1 aromatic heterocycles. The lowest BCUT2D eigenvalue weighted by Crippen LogP contribution is -2.35. The number of hydrogen-bond donors (Lipinski definition) is 1. The first-order chi connectivity index (χ1) is 13.7. The highest BCUT2D eigenvalue weighted by Crippen LogP contribution is 2.34. The molecule has 0 aliphatic carbocycles. The van der Waals surface area contributed by atoms with Gasteiger partial charge in [0, 0.05) is 17.6 Å². The minimum absolute atomic E-state index is 0.402. The van der Waals surface area contributed by atoms with Crippen LogP contribution in [0.3, 0.4) is 0 Å². The number of halogens is 1. The Morgan fingerprint density at radius 3 is 2.43 bits per heavy atom. The molecule has 0 spiro atoms. The van der Waals surface area contributed by atoms with Gasteiger partial charge in [0.05, 0.1) is 0 Å². The fourth-order valence-electron chi connectivity index (χ4n) is 3.61. The van der Waals surface area contributed by atoms with E-state index in [0.717, 1.165) is 42.6 Å². The first-order valence-electron chi connectivity index (χ1n) is 9.52. The predicted molar refractivity (Wildman–Crippen MR) is 116 cm³/mol. The molecule has 0 atom stereocenters. The lowest BCUT2D eigenvalue weighted by Gasteiger charge is -2.33. The summed E-state index contributed by atoms with van der Waals surface area (Å²) in [5.41, 5.74) is 8.25. The number of piperidine rings is 1. The van der Waals surface area contributed by atoms with Crippen LogP contribution in [0.4, 0.5) is 11.5 Å². The summed E-state index contributed by atoms with van der Waals surface area (Å²) >= 11 is 3.42. The number of nitrogens with two attached hydrogens (primary N) is 1. The largest absolute Gasteiger partial charge is 0.437 e. The Hall–Kier alpha value is -2.60. The van der Waals surface area contributed by atoms with Crippen molar-refractivity contribution in [3.8, 4) is 11.6 Å². The summed E-state index contributed by atoms with van der Waals surface area (Å²) in [7, 11) is 0. The van der Waals surface area contributed by atoms with Crippen molar-refractivity contribution in [2.24, 2.45) is 5.92 Å². The summed E-state index contributed by atoms with van der Waals surface area (Å²) in [6, 6.07) is 18.3. The van der Waals surface area contributed by atoms with Gasteiger partial charge >= 0.3 is 0 Å². The highest BCUT2D eigenvalue weighted by atomic mass is 79.9.